The first kappa shape index (κ1) is 23.2. The van der Waals surface area contributed by atoms with Crippen molar-refractivity contribution in [3.8, 4) is 0 Å². The lowest BCUT2D eigenvalue weighted by Crippen LogP contribution is -2.52. The molecule has 28 heavy (non-hydrogen) atoms. The number of aliphatic hydroxyl groups is 1. The van der Waals surface area contributed by atoms with Crippen molar-refractivity contribution in [1.82, 2.24) is 15.1 Å². The summed E-state index contributed by atoms with van der Waals surface area (Å²) >= 11 is 0. The van der Waals surface area contributed by atoms with Crippen LogP contribution in [-0.2, 0) is 0 Å². The van der Waals surface area contributed by atoms with Gasteiger partial charge >= 0.3 is 0 Å². The monoisotopic (exact) mass is 501 g/mol. The molecule has 158 valence electrons. The number of piperazine rings is 1. The van der Waals surface area contributed by atoms with Crippen LogP contribution in [0.5, 0.6) is 0 Å². The molecule has 2 fully saturated rings. The van der Waals surface area contributed by atoms with Crippen molar-refractivity contribution in [2.24, 2.45) is 4.99 Å². The van der Waals surface area contributed by atoms with E-state index < -0.39 is 0 Å². The van der Waals surface area contributed by atoms with Crippen molar-refractivity contribution in [2.75, 3.05) is 63.8 Å². The fourth-order valence-corrected chi connectivity index (χ4v) is 3.86. The van der Waals surface area contributed by atoms with E-state index in [2.05, 4.69) is 57.3 Å². The number of nitrogens with one attached hydrogen (secondary N) is 1. The van der Waals surface area contributed by atoms with Crippen LogP contribution in [0.25, 0.3) is 0 Å². The fourth-order valence-electron chi connectivity index (χ4n) is 3.86. The molecule has 3 rings (SSSR count). The Morgan fingerprint density at radius 1 is 1.07 bits per heavy atom. The molecule has 2 aliphatic rings. The number of likely N-dealkylation sites (tertiary alicyclic amines) is 1. The Bertz CT molecular complexity index is 569. The third-order valence-corrected chi connectivity index (χ3v) is 5.49. The predicted octanol–water partition coefficient (Wildman–Crippen LogP) is 2.24. The summed E-state index contributed by atoms with van der Waals surface area (Å²) < 4.78 is 0. The highest BCUT2D eigenvalue weighted by atomic mass is 127. The number of guanidine groups is 1. The molecule has 2 heterocycles. The first-order valence-corrected chi connectivity index (χ1v) is 10.5. The molecule has 0 amide bonds. The zero-order valence-corrected chi connectivity index (χ0v) is 19.4. The zero-order chi connectivity index (χ0) is 18.9. The van der Waals surface area contributed by atoms with Crippen LogP contribution >= 0.6 is 24.0 Å². The lowest BCUT2D eigenvalue weighted by molar-refractivity contribution is 0.0824. The minimum atomic E-state index is -0.0887. The normalized spacial score (nSPS) is 19.4. The molecule has 2 aliphatic heterocycles. The van der Waals surface area contributed by atoms with Gasteiger partial charge in [-0.05, 0) is 44.9 Å². The highest BCUT2D eigenvalue weighted by Crippen LogP contribution is 2.15. The minimum absolute atomic E-state index is 0. The van der Waals surface area contributed by atoms with Crippen LogP contribution in [0.3, 0.4) is 0 Å². The molecule has 0 bridgehead atoms. The van der Waals surface area contributed by atoms with Crippen LogP contribution in [0.2, 0.25) is 0 Å². The van der Waals surface area contributed by atoms with E-state index in [0.29, 0.717) is 0 Å². The summed E-state index contributed by atoms with van der Waals surface area (Å²) in [4.78, 5) is 12.2. The molecule has 1 aromatic carbocycles. The Kier molecular flexibility index (Phi) is 10.4. The summed E-state index contributed by atoms with van der Waals surface area (Å²) in [6.07, 6.45) is 2.82. The first-order valence-electron chi connectivity index (χ1n) is 10.5. The molecule has 7 heteroatoms. The number of nitrogens with zero attached hydrogens (tertiary/aromatic N) is 4. The lowest BCUT2D eigenvalue weighted by Gasteiger charge is -2.37. The van der Waals surface area contributed by atoms with E-state index in [1.807, 2.05) is 0 Å². The molecule has 2 saturated heterocycles. The van der Waals surface area contributed by atoms with E-state index in [9.17, 15) is 5.11 Å². The fraction of sp³-hybridized carbons (Fsp3) is 0.667. The van der Waals surface area contributed by atoms with E-state index >= 15 is 0 Å². The molecule has 0 atom stereocenters. The number of para-hydroxylation sites is 1. The predicted molar refractivity (Wildman–Crippen MR) is 128 cm³/mol. The Morgan fingerprint density at radius 2 is 1.75 bits per heavy atom. The highest BCUT2D eigenvalue weighted by Gasteiger charge is 2.20. The zero-order valence-electron chi connectivity index (χ0n) is 17.1. The molecule has 2 N–H and O–H groups in total. The van der Waals surface area contributed by atoms with Gasteiger partial charge in [-0.2, -0.15) is 0 Å². The summed E-state index contributed by atoms with van der Waals surface area (Å²) in [5.74, 6) is 1.05. The maximum absolute atomic E-state index is 9.60. The Hall–Kier alpha value is -1.06. The van der Waals surface area contributed by atoms with E-state index in [-0.39, 0.29) is 30.1 Å². The van der Waals surface area contributed by atoms with Crippen LogP contribution < -0.4 is 10.2 Å². The Labute approximate surface area is 187 Å². The van der Waals surface area contributed by atoms with Gasteiger partial charge in [0, 0.05) is 58.0 Å². The van der Waals surface area contributed by atoms with Gasteiger partial charge in [0.2, 0.25) is 0 Å². The maximum Gasteiger partial charge on any atom is 0.194 e. The largest absolute Gasteiger partial charge is 0.393 e. The lowest BCUT2D eigenvalue weighted by atomic mass is 10.1. The van der Waals surface area contributed by atoms with Gasteiger partial charge in [0.25, 0.3) is 0 Å². The van der Waals surface area contributed by atoms with Gasteiger partial charge < -0.3 is 25.1 Å². The standard InChI is InChI=1S/C21H35N5O.HI/c1-2-22-21(23-11-6-12-24-13-9-20(27)10-14-24)26-17-15-25(16-18-26)19-7-4-3-5-8-19;/h3-5,7-8,20,27H,2,6,9-18H2,1H3,(H,22,23);1H. The summed E-state index contributed by atoms with van der Waals surface area (Å²) in [5, 5.41) is 13.1. The van der Waals surface area contributed by atoms with Gasteiger partial charge in [-0.25, -0.2) is 0 Å². The van der Waals surface area contributed by atoms with Crippen molar-refractivity contribution >= 4 is 35.6 Å². The van der Waals surface area contributed by atoms with Gasteiger partial charge in [0.1, 0.15) is 0 Å². The van der Waals surface area contributed by atoms with Gasteiger partial charge in [0.15, 0.2) is 5.96 Å². The smallest absolute Gasteiger partial charge is 0.194 e. The van der Waals surface area contributed by atoms with E-state index in [1.165, 1.54) is 5.69 Å². The summed E-state index contributed by atoms with van der Waals surface area (Å²) in [6, 6.07) is 10.7. The quantitative estimate of drug-likeness (QED) is 0.271. The molecule has 0 aromatic heterocycles. The second-order valence-electron chi connectivity index (χ2n) is 7.47. The Morgan fingerprint density at radius 3 is 2.39 bits per heavy atom. The molecule has 0 unspecified atom stereocenters. The molecule has 0 spiro atoms. The van der Waals surface area contributed by atoms with Gasteiger partial charge in [0.05, 0.1) is 6.10 Å². The van der Waals surface area contributed by atoms with Gasteiger partial charge in [-0.15, -0.1) is 24.0 Å². The highest BCUT2D eigenvalue weighted by molar-refractivity contribution is 14.0. The summed E-state index contributed by atoms with van der Waals surface area (Å²) in [5.41, 5.74) is 1.31. The average Bonchev–Trinajstić information content (AvgIpc) is 2.72. The van der Waals surface area contributed by atoms with Crippen molar-refractivity contribution in [1.29, 1.82) is 0 Å². The van der Waals surface area contributed by atoms with E-state index in [0.717, 1.165) is 84.1 Å². The minimum Gasteiger partial charge on any atom is -0.393 e. The van der Waals surface area contributed by atoms with Crippen molar-refractivity contribution in [3.05, 3.63) is 30.3 Å². The Balaban J connectivity index is 0.00000280. The first-order chi connectivity index (χ1) is 13.3. The number of halogens is 1. The third-order valence-electron chi connectivity index (χ3n) is 5.49. The number of hydrogen-bond acceptors (Lipinski definition) is 4. The van der Waals surface area contributed by atoms with Gasteiger partial charge in [-0.3, -0.25) is 4.99 Å². The number of hydrogen-bond donors (Lipinski definition) is 2. The van der Waals surface area contributed by atoms with Crippen molar-refractivity contribution < 1.29 is 5.11 Å². The molecule has 0 radical (unpaired) electrons. The van der Waals surface area contributed by atoms with Crippen LogP contribution in [0.1, 0.15) is 26.2 Å². The van der Waals surface area contributed by atoms with Crippen LogP contribution in [0.15, 0.2) is 35.3 Å². The summed E-state index contributed by atoms with van der Waals surface area (Å²) in [6.45, 7) is 11.1. The molecular weight excluding hydrogens is 465 g/mol. The second-order valence-corrected chi connectivity index (χ2v) is 7.47. The van der Waals surface area contributed by atoms with Crippen LogP contribution in [0.4, 0.5) is 5.69 Å². The number of aliphatic hydroxyl groups excluding tert-OH is 1. The topological polar surface area (TPSA) is 54.3 Å². The van der Waals surface area contributed by atoms with Crippen molar-refractivity contribution in [3.63, 3.8) is 0 Å². The summed E-state index contributed by atoms with van der Waals surface area (Å²) in [7, 11) is 0. The number of benzene rings is 1. The number of aliphatic imine (C=N–C) groups is 1. The molecular formula is C21H36IN5O. The number of rotatable bonds is 6. The van der Waals surface area contributed by atoms with Crippen LogP contribution in [-0.4, -0.2) is 85.9 Å². The third kappa shape index (κ3) is 7.08. The SMILES string of the molecule is CCNC(=NCCCN1CCC(O)CC1)N1CCN(c2ccccc2)CC1.I. The van der Waals surface area contributed by atoms with E-state index in [4.69, 9.17) is 4.99 Å². The van der Waals surface area contributed by atoms with Crippen molar-refractivity contribution in [2.45, 2.75) is 32.3 Å². The van der Waals surface area contributed by atoms with E-state index in [1.54, 1.807) is 0 Å². The number of anilines is 1. The second kappa shape index (κ2) is 12.5. The molecule has 0 aliphatic carbocycles. The average molecular weight is 501 g/mol. The van der Waals surface area contributed by atoms with Crippen LogP contribution in [0, 0.1) is 0 Å². The maximum atomic E-state index is 9.60. The molecule has 1 aromatic rings. The molecule has 6 nitrogen and oxygen atoms in total. The number of piperidine rings is 1. The van der Waals surface area contributed by atoms with Gasteiger partial charge in [-0.1, -0.05) is 18.2 Å². The molecule has 0 saturated carbocycles.